The molecule has 0 bridgehead atoms. The van der Waals surface area contributed by atoms with Gasteiger partial charge in [-0.2, -0.15) is 0 Å². The Morgan fingerprint density at radius 2 is 1.69 bits per heavy atom. The zero-order valence-corrected chi connectivity index (χ0v) is 16.2. The molecule has 1 N–H and O–H groups in total. The lowest BCUT2D eigenvalue weighted by atomic mass is 10.0. The van der Waals surface area contributed by atoms with Crippen molar-refractivity contribution in [2.45, 2.75) is 25.3 Å². The third-order valence-electron chi connectivity index (χ3n) is 4.76. The predicted molar refractivity (Wildman–Crippen MR) is 111 cm³/mol. The molecule has 1 saturated heterocycles. The first-order chi connectivity index (χ1) is 12.8. The van der Waals surface area contributed by atoms with Crippen LogP contribution >= 0.6 is 22.9 Å². The third kappa shape index (κ3) is 4.47. The lowest BCUT2D eigenvalue weighted by molar-refractivity contribution is 0.277. The van der Waals surface area contributed by atoms with E-state index in [0.717, 1.165) is 29.7 Å². The molecule has 2 heterocycles. The van der Waals surface area contributed by atoms with Gasteiger partial charge in [-0.1, -0.05) is 48.0 Å². The zero-order chi connectivity index (χ0) is 17.8. The van der Waals surface area contributed by atoms with Gasteiger partial charge in [-0.25, -0.2) is 0 Å². The van der Waals surface area contributed by atoms with Crippen LogP contribution in [-0.2, 0) is 6.42 Å². The molecule has 1 aliphatic rings. The lowest BCUT2D eigenvalue weighted by Crippen LogP contribution is -2.28. The predicted octanol–water partition coefficient (Wildman–Crippen LogP) is 5.79. The van der Waals surface area contributed by atoms with Gasteiger partial charge in [-0.3, -0.25) is 0 Å². The van der Waals surface area contributed by atoms with Gasteiger partial charge in [0.25, 0.3) is 0 Å². The summed E-state index contributed by atoms with van der Waals surface area (Å²) in [6, 6.07) is 21.7. The molecule has 4 heteroatoms. The number of rotatable bonds is 6. The average molecular weight is 384 g/mol. The second-order valence-electron chi connectivity index (χ2n) is 6.73. The average Bonchev–Trinajstić information content (AvgIpc) is 3.34. The van der Waals surface area contributed by atoms with Crippen molar-refractivity contribution in [2.24, 2.45) is 0 Å². The van der Waals surface area contributed by atoms with Gasteiger partial charge in [-0.05, 0) is 66.8 Å². The molecule has 0 amide bonds. The van der Waals surface area contributed by atoms with E-state index >= 15 is 0 Å². The van der Waals surface area contributed by atoms with E-state index in [4.69, 9.17) is 16.3 Å². The van der Waals surface area contributed by atoms with Gasteiger partial charge in [0.1, 0.15) is 12.4 Å². The van der Waals surface area contributed by atoms with Crippen LogP contribution in [0.25, 0.3) is 10.4 Å². The van der Waals surface area contributed by atoms with Gasteiger partial charge in [0.15, 0.2) is 0 Å². The Kier molecular flexibility index (Phi) is 5.59. The van der Waals surface area contributed by atoms with Gasteiger partial charge in [0.2, 0.25) is 0 Å². The first kappa shape index (κ1) is 17.6. The van der Waals surface area contributed by atoms with Crippen LogP contribution < -0.4 is 10.1 Å². The Balaban J connectivity index is 1.34. The molecule has 0 radical (unpaired) electrons. The number of thiophene rings is 1. The summed E-state index contributed by atoms with van der Waals surface area (Å²) >= 11 is 7.64. The van der Waals surface area contributed by atoms with Crippen molar-refractivity contribution in [1.29, 1.82) is 0 Å². The molecule has 1 fully saturated rings. The van der Waals surface area contributed by atoms with Gasteiger partial charge < -0.3 is 10.1 Å². The summed E-state index contributed by atoms with van der Waals surface area (Å²) in [5.41, 5.74) is 3.82. The molecule has 1 aliphatic heterocycles. The first-order valence-corrected chi connectivity index (χ1v) is 10.3. The smallest absolute Gasteiger partial charge is 0.119 e. The highest BCUT2D eigenvalue weighted by Crippen LogP contribution is 2.31. The van der Waals surface area contributed by atoms with E-state index in [-0.39, 0.29) is 0 Å². The molecular formula is C22H22ClNOS. The fourth-order valence-corrected chi connectivity index (χ4v) is 4.34. The summed E-state index contributed by atoms with van der Waals surface area (Å²) in [6.45, 7) is 1.87. The van der Waals surface area contributed by atoms with Crippen LogP contribution in [0.2, 0.25) is 4.34 Å². The molecule has 1 aromatic heterocycles. The Hall–Kier alpha value is -1.81. The molecular weight excluding hydrogens is 362 g/mol. The van der Waals surface area contributed by atoms with Gasteiger partial charge >= 0.3 is 0 Å². The SMILES string of the molecule is Clc1ccc(-c2ccc(Cc3ccc(OCC4CCCN4)cc3)cc2)s1. The van der Waals surface area contributed by atoms with Crippen molar-refractivity contribution < 1.29 is 4.74 Å². The van der Waals surface area contributed by atoms with Crippen LogP contribution in [0.3, 0.4) is 0 Å². The Labute approximate surface area is 163 Å². The van der Waals surface area contributed by atoms with Crippen molar-refractivity contribution >= 4 is 22.9 Å². The summed E-state index contributed by atoms with van der Waals surface area (Å²) in [5.74, 6) is 0.951. The Morgan fingerprint density at radius 3 is 2.31 bits per heavy atom. The van der Waals surface area contributed by atoms with E-state index in [0.29, 0.717) is 6.04 Å². The molecule has 2 nitrogen and oxygen atoms in total. The largest absolute Gasteiger partial charge is 0.492 e. The number of ether oxygens (including phenoxy) is 1. The number of hydrogen-bond donors (Lipinski definition) is 1. The van der Waals surface area contributed by atoms with Crippen molar-refractivity contribution in [3.05, 3.63) is 76.1 Å². The summed E-state index contributed by atoms with van der Waals surface area (Å²) < 4.78 is 6.72. The highest BCUT2D eigenvalue weighted by atomic mass is 35.5. The quantitative estimate of drug-likeness (QED) is 0.581. The fourth-order valence-electron chi connectivity index (χ4n) is 3.29. The first-order valence-electron chi connectivity index (χ1n) is 9.06. The standard InChI is InChI=1S/C22H22ClNOS/c23-22-12-11-21(26-22)18-7-3-16(4-8-18)14-17-5-9-20(10-6-17)25-15-19-2-1-13-24-19/h3-12,19,24H,1-2,13-15H2. The Bertz CT molecular complexity index is 835. The van der Waals surface area contributed by atoms with Crippen LogP contribution in [0, 0.1) is 0 Å². The minimum Gasteiger partial charge on any atom is -0.492 e. The van der Waals surface area contributed by atoms with E-state index in [1.54, 1.807) is 11.3 Å². The maximum atomic E-state index is 6.03. The highest BCUT2D eigenvalue weighted by molar-refractivity contribution is 7.19. The van der Waals surface area contributed by atoms with E-state index in [1.807, 2.05) is 6.07 Å². The maximum absolute atomic E-state index is 6.03. The Morgan fingerprint density at radius 1 is 0.962 bits per heavy atom. The zero-order valence-electron chi connectivity index (χ0n) is 14.6. The molecule has 4 rings (SSSR count). The number of benzene rings is 2. The molecule has 0 spiro atoms. The van der Waals surface area contributed by atoms with Gasteiger partial charge in [0.05, 0.1) is 4.34 Å². The van der Waals surface area contributed by atoms with Gasteiger partial charge in [-0.15, -0.1) is 11.3 Å². The summed E-state index contributed by atoms with van der Waals surface area (Å²) in [6.07, 6.45) is 3.40. The van der Waals surface area contributed by atoms with Crippen LogP contribution in [0.4, 0.5) is 0 Å². The molecule has 0 aliphatic carbocycles. The molecule has 2 aromatic carbocycles. The molecule has 26 heavy (non-hydrogen) atoms. The normalized spacial score (nSPS) is 16.7. The van der Waals surface area contributed by atoms with Crippen LogP contribution in [0.1, 0.15) is 24.0 Å². The van der Waals surface area contributed by atoms with Crippen LogP contribution in [0.15, 0.2) is 60.7 Å². The highest BCUT2D eigenvalue weighted by Gasteiger charge is 2.14. The molecule has 134 valence electrons. The van der Waals surface area contributed by atoms with Crippen molar-refractivity contribution in [1.82, 2.24) is 5.32 Å². The number of halogens is 1. The number of nitrogens with one attached hydrogen (secondary N) is 1. The van der Waals surface area contributed by atoms with Crippen molar-refractivity contribution in [3.63, 3.8) is 0 Å². The van der Waals surface area contributed by atoms with Crippen LogP contribution in [-0.4, -0.2) is 19.2 Å². The molecule has 0 saturated carbocycles. The summed E-state index contributed by atoms with van der Waals surface area (Å²) in [4.78, 5) is 1.21. The van der Waals surface area contributed by atoms with E-state index in [2.05, 4.69) is 59.9 Å². The number of hydrogen-bond acceptors (Lipinski definition) is 3. The fraction of sp³-hybridized carbons (Fsp3) is 0.273. The minimum absolute atomic E-state index is 0.506. The molecule has 3 aromatic rings. The van der Waals surface area contributed by atoms with E-state index in [9.17, 15) is 0 Å². The minimum atomic E-state index is 0.506. The van der Waals surface area contributed by atoms with Crippen molar-refractivity contribution in [2.75, 3.05) is 13.2 Å². The summed E-state index contributed by atoms with van der Waals surface area (Å²) in [7, 11) is 0. The van der Waals surface area contributed by atoms with Gasteiger partial charge in [0, 0.05) is 10.9 Å². The van der Waals surface area contributed by atoms with E-state index in [1.165, 1.54) is 34.4 Å². The monoisotopic (exact) mass is 383 g/mol. The van der Waals surface area contributed by atoms with E-state index < -0.39 is 0 Å². The second-order valence-corrected chi connectivity index (χ2v) is 8.44. The maximum Gasteiger partial charge on any atom is 0.119 e. The molecule has 1 atom stereocenters. The van der Waals surface area contributed by atoms with Crippen LogP contribution in [0.5, 0.6) is 5.75 Å². The lowest BCUT2D eigenvalue weighted by Gasteiger charge is -2.12. The van der Waals surface area contributed by atoms with Crippen molar-refractivity contribution in [3.8, 4) is 16.2 Å². The third-order valence-corrected chi connectivity index (χ3v) is 6.04. The topological polar surface area (TPSA) is 21.3 Å². The second kappa shape index (κ2) is 8.26. The molecule has 1 unspecified atom stereocenters. The summed E-state index contributed by atoms with van der Waals surface area (Å²) in [5, 5.41) is 3.46.